The predicted molar refractivity (Wildman–Crippen MR) is 54.8 cm³/mol. The van der Waals surface area contributed by atoms with Crippen molar-refractivity contribution in [3.8, 4) is 0 Å². The number of carbonyl (C=O) groups excluding carboxylic acids is 2. The number of hydrogen-bond donors (Lipinski definition) is 2. The van der Waals surface area contributed by atoms with Gasteiger partial charge in [0.1, 0.15) is 12.6 Å². The molecule has 0 heterocycles. The van der Waals surface area contributed by atoms with Crippen molar-refractivity contribution in [3.05, 3.63) is 23.3 Å². The van der Waals surface area contributed by atoms with Gasteiger partial charge >= 0.3 is 0 Å². The number of nitrogen functional groups attached to an aromatic ring is 2. The summed E-state index contributed by atoms with van der Waals surface area (Å²) in [6.45, 7) is 0. The molecule has 4 N–H and O–H groups in total. The summed E-state index contributed by atoms with van der Waals surface area (Å²) in [7, 11) is 0. The van der Waals surface area contributed by atoms with Gasteiger partial charge in [0.25, 0.3) is 0 Å². The van der Waals surface area contributed by atoms with Crippen molar-refractivity contribution in [1.82, 2.24) is 0 Å². The number of anilines is 2. The lowest BCUT2D eigenvalue weighted by molar-refractivity contribution is -0.108. The van der Waals surface area contributed by atoms with Crippen molar-refractivity contribution in [2.45, 2.75) is 12.8 Å². The number of rotatable bonds is 4. The van der Waals surface area contributed by atoms with Crippen LogP contribution in [0.3, 0.4) is 0 Å². The summed E-state index contributed by atoms with van der Waals surface area (Å²) in [4.78, 5) is 20.6. The lowest BCUT2D eigenvalue weighted by atomic mass is 10.0. The third kappa shape index (κ3) is 2.10. The zero-order chi connectivity index (χ0) is 10.6. The predicted octanol–water partition coefficient (Wildman–Crippen LogP) is 0.334. The van der Waals surface area contributed by atoms with Crippen molar-refractivity contribution >= 4 is 23.9 Å². The lowest BCUT2D eigenvalue weighted by Crippen LogP contribution is -2.02. The molecule has 0 spiro atoms. The van der Waals surface area contributed by atoms with Gasteiger partial charge in [-0.1, -0.05) is 0 Å². The van der Waals surface area contributed by atoms with E-state index in [0.717, 1.165) is 12.6 Å². The van der Waals surface area contributed by atoms with E-state index in [-0.39, 0.29) is 12.8 Å². The van der Waals surface area contributed by atoms with Crippen LogP contribution in [0, 0.1) is 0 Å². The third-order valence-electron chi connectivity index (χ3n) is 2.01. The Kier molecular flexibility index (Phi) is 3.23. The molecule has 0 aromatic heterocycles. The summed E-state index contributed by atoms with van der Waals surface area (Å²) in [5, 5.41) is 0. The molecular formula is C10H12N2O2. The Morgan fingerprint density at radius 2 is 1.29 bits per heavy atom. The minimum Gasteiger partial charge on any atom is -0.398 e. The molecule has 0 atom stereocenters. The van der Waals surface area contributed by atoms with Crippen molar-refractivity contribution in [2.75, 3.05) is 11.5 Å². The largest absolute Gasteiger partial charge is 0.398 e. The first kappa shape index (κ1) is 10.2. The summed E-state index contributed by atoms with van der Waals surface area (Å²) in [5.74, 6) is 0. The van der Waals surface area contributed by atoms with Crippen molar-refractivity contribution in [3.63, 3.8) is 0 Å². The molecule has 0 aliphatic carbocycles. The highest BCUT2D eigenvalue weighted by Gasteiger charge is 2.04. The van der Waals surface area contributed by atoms with E-state index in [4.69, 9.17) is 11.5 Å². The molecule has 0 saturated carbocycles. The first-order valence-electron chi connectivity index (χ1n) is 4.23. The van der Waals surface area contributed by atoms with Crippen LogP contribution in [-0.2, 0) is 22.4 Å². The fourth-order valence-corrected chi connectivity index (χ4v) is 1.26. The highest BCUT2D eigenvalue weighted by Crippen LogP contribution is 2.21. The fraction of sp³-hybridized carbons (Fsp3) is 0.200. The van der Waals surface area contributed by atoms with E-state index in [1.165, 1.54) is 0 Å². The fourth-order valence-electron chi connectivity index (χ4n) is 1.26. The molecule has 74 valence electrons. The Labute approximate surface area is 81.9 Å². The average Bonchev–Trinajstić information content (AvgIpc) is 2.14. The maximum absolute atomic E-state index is 10.3. The molecule has 0 bridgehead atoms. The molecule has 0 fully saturated rings. The Morgan fingerprint density at radius 1 is 0.929 bits per heavy atom. The van der Waals surface area contributed by atoms with Gasteiger partial charge in [-0.05, 0) is 23.3 Å². The van der Waals surface area contributed by atoms with Crippen LogP contribution in [0.5, 0.6) is 0 Å². The van der Waals surface area contributed by atoms with E-state index >= 15 is 0 Å². The third-order valence-corrected chi connectivity index (χ3v) is 2.01. The van der Waals surface area contributed by atoms with Crippen molar-refractivity contribution in [2.24, 2.45) is 0 Å². The molecule has 4 nitrogen and oxygen atoms in total. The Bertz CT molecular complexity index is 326. The molecule has 1 aromatic rings. The van der Waals surface area contributed by atoms with Gasteiger partial charge in [-0.25, -0.2) is 0 Å². The van der Waals surface area contributed by atoms with Crippen LogP contribution >= 0.6 is 0 Å². The second-order valence-corrected chi connectivity index (χ2v) is 2.99. The molecule has 0 aliphatic heterocycles. The van der Waals surface area contributed by atoms with Gasteiger partial charge in [0.05, 0.1) is 0 Å². The van der Waals surface area contributed by atoms with Crippen LogP contribution < -0.4 is 11.5 Å². The quantitative estimate of drug-likeness (QED) is 0.531. The number of carbonyl (C=O) groups is 2. The van der Waals surface area contributed by atoms with E-state index in [0.29, 0.717) is 22.5 Å². The zero-order valence-electron chi connectivity index (χ0n) is 7.69. The first-order valence-corrected chi connectivity index (χ1v) is 4.23. The molecule has 1 aromatic carbocycles. The summed E-state index contributed by atoms with van der Waals surface area (Å²) < 4.78 is 0. The normalized spacial score (nSPS) is 9.71. The summed E-state index contributed by atoms with van der Waals surface area (Å²) >= 11 is 0. The lowest BCUT2D eigenvalue weighted by Gasteiger charge is -2.07. The first-order chi connectivity index (χ1) is 6.69. The van der Waals surface area contributed by atoms with Gasteiger partial charge in [-0.15, -0.1) is 0 Å². The van der Waals surface area contributed by atoms with E-state index in [9.17, 15) is 9.59 Å². The van der Waals surface area contributed by atoms with Crippen LogP contribution in [-0.4, -0.2) is 12.6 Å². The van der Waals surface area contributed by atoms with Gasteiger partial charge in [0.15, 0.2) is 0 Å². The summed E-state index contributed by atoms with van der Waals surface area (Å²) in [5.41, 5.74) is 13.8. The Hall–Kier alpha value is -1.84. The highest BCUT2D eigenvalue weighted by molar-refractivity contribution is 5.70. The van der Waals surface area contributed by atoms with Crippen LogP contribution in [0.25, 0.3) is 0 Å². The summed E-state index contributed by atoms with van der Waals surface area (Å²) in [6.07, 6.45) is 2.03. The highest BCUT2D eigenvalue weighted by atomic mass is 16.1. The van der Waals surface area contributed by atoms with Crippen molar-refractivity contribution < 1.29 is 9.59 Å². The van der Waals surface area contributed by atoms with Gasteiger partial charge in [0.2, 0.25) is 0 Å². The van der Waals surface area contributed by atoms with Crippen LogP contribution in [0.2, 0.25) is 0 Å². The Morgan fingerprint density at radius 3 is 1.57 bits per heavy atom. The molecule has 0 aliphatic rings. The number of benzene rings is 1. The van der Waals surface area contributed by atoms with Crippen molar-refractivity contribution in [1.29, 1.82) is 0 Å². The molecule has 14 heavy (non-hydrogen) atoms. The molecule has 4 heteroatoms. The maximum Gasteiger partial charge on any atom is 0.124 e. The topological polar surface area (TPSA) is 86.2 Å². The Balaban J connectivity index is 3.09. The molecular weight excluding hydrogens is 180 g/mol. The maximum atomic E-state index is 10.3. The number of hydrogen-bond acceptors (Lipinski definition) is 4. The number of nitrogens with two attached hydrogens (primary N) is 2. The molecule has 0 saturated heterocycles. The van der Waals surface area contributed by atoms with E-state index in [2.05, 4.69) is 0 Å². The second-order valence-electron chi connectivity index (χ2n) is 2.99. The van der Waals surface area contributed by atoms with E-state index in [1.54, 1.807) is 12.1 Å². The molecule has 0 unspecified atom stereocenters. The van der Waals surface area contributed by atoms with Gasteiger partial charge in [-0.3, -0.25) is 0 Å². The second kappa shape index (κ2) is 4.41. The average molecular weight is 192 g/mol. The molecule has 1 rings (SSSR count). The molecule has 0 radical (unpaired) electrons. The van der Waals surface area contributed by atoms with E-state index < -0.39 is 0 Å². The monoisotopic (exact) mass is 192 g/mol. The summed E-state index contributed by atoms with van der Waals surface area (Å²) in [6, 6.07) is 3.28. The van der Waals surface area contributed by atoms with Gasteiger partial charge in [0, 0.05) is 24.2 Å². The standard InChI is InChI=1S/C10H12N2O2/c11-9-6-8(2-4-14)10(12)5-7(9)1-3-13/h3-6H,1-2,11-12H2. The van der Waals surface area contributed by atoms with E-state index in [1.807, 2.05) is 0 Å². The van der Waals surface area contributed by atoms with Crippen LogP contribution in [0.15, 0.2) is 12.1 Å². The minimum atomic E-state index is 0.247. The van der Waals surface area contributed by atoms with Crippen LogP contribution in [0.4, 0.5) is 11.4 Å². The van der Waals surface area contributed by atoms with Gasteiger partial charge < -0.3 is 21.1 Å². The zero-order valence-corrected chi connectivity index (χ0v) is 7.69. The minimum absolute atomic E-state index is 0.247. The number of aldehydes is 2. The van der Waals surface area contributed by atoms with Crippen LogP contribution in [0.1, 0.15) is 11.1 Å². The van der Waals surface area contributed by atoms with Gasteiger partial charge in [-0.2, -0.15) is 0 Å². The smallest absolute Gasteiger partial charge is 0.124 e. The SMILES string of the molecule is Nc1cc(CC=O)c(N)cc1CC=O. The molecule has 0 amide bonds.